The van der Waals surface area contributed by atoms with Gasteiger partial charge in [-0.3, -0.25) is 4.79 Å². The molecule has 1 amide bonds. The molecule has 4 rings (SSSR count). The fourth-order valence-electron chi connectivity index (χ4n) is 3.47. The summed E-state index contributed by atoms with van der Waals surface area (Å²) in [6.07, 6.45) is 3.49. The van der Waals surface area contributed by atoms with Crippen LogP contribution in [0.15, 0.2) is 42.5 Å². The van der Waals surface area contributed by atoms with Crippen LogP contribution in [0.1, 0.15) is 23.9 Å². The number of para-hydroxylation sites is 2. The SMILES string of the molecule is CSCC[C@@H](NC(=O)[C@H]1COc2ccc(Cl)cc2C1)c1nc2ccccc2[nH]1. The van der Waals surface area contributed by atoms with Gasteiger partial charge in [0.05, 0.1) is 23.0 Å². The monoisotopic (exact) mass is 415 g/mol. The lowest BCUT2D eigenvalue weighted by Crippen LogP contribution is -2.39. The Labute approximate surface area is 173 Å². The molecule has 146 valence electrons. The predicted molar refractivity (Wildman–Crippen MR) is 114 cm³/mol. The zero-order valence-corrected chi connectivity index (χ0v) is 17.1. The number of H-pyrrole nitrogens is 1. The zero-order chi connectivity index (χ0) is 19.5. The number of hydrogen-bond donors (Lipinski definition) is 2. The first-order valence-corrected chi connectivity index (χ1v) is 11.1. The predicted octanol–water partition coefficient (Wildman–Crippen LogP) is 4.38. The molecule has 1 aliphatic heterocycles. The van der Waals surface area contributed by atoms with Crippen LogP contribution in [0.2, 0.25) is 5.02 Å². The Kier molecular flexibility index (Phi) is 5.78. The Morgan fingerprint density at radius 3 is 3.07 bits per heavy atom. The summed E-state index contributed by atoms with van der Waals surface area (Å²) >= 11 is 7.85. The van der Waals surface area contributed by atoms with Crippen molar-refractivity contribution in [3.8, 4) is 5.75 Å². The largest absolute Gasteiger partial charge is 0.492 e. The molecular weight excluding hydrogens is 394 g/mol. The number of imidazole rings is 1. The third-order valence-electron chi connectivity index (χ3n) is 4.96. The zero-order valence-electron chi connectivity index (χ0n) is 15.6. The standard InChI is InChI=1S/C21H22ClN3O2S/c1-28-9-8-18(20-23-16-4-2-3-5-17(16)24-20)25-21(26)14-10-13-11-15(22)6-7-19(13)27-12-14/h2-7,11,14,18H,8-10,12H2,1H3,(H,23,24)(H,25,26)/t14-,18-/m1/s1. The van der Waals surface area contributed by atoms with Gasteiger partial charge in [-0.05, 0) is 60.7 Å². The molecule has 1 aromatic heterocycles. The van der Waals surface area contributed by atoms with Crippen LogP contribution in [-0.2, 0) is 11.2 Å². The molecular formula is C21H22ClN3O2S. The van der Waals surface area contributed by atoms with Gasteiger partial charge >= 0.3 is 0 Å². The summed E-state index contributed by atoms with van der Waals surface area (Å²) in [7, 11) is 0. The van der Waals surface area contributed by atoms with E-state index in [1.54, 1.807) is 17.8 Å². The molecule has 28 heavy (non-hydrogen) atoms. The second kappa shape index (κ2) is 8.45. The highest BCUT2D eigenvalue weighted by molar-refractivity contribution is 7.98. The van der Waals surface area contributed by atoms with Gasteiger partial charge in [0.1, 0.15) is 18.2 Å². The van der Waals surface area contributed by atoms with Crippen molar-refractivity contribution >= 4 is 40.3 Å². The lowest BCUT2D eigenvalue weighted by atomic mass is 9.95. The van der Waals surface area contributed by atoms with Crippen molar-refractivity contribution in [1.82, 2.24) is 15.3 Å². The van der Waals surface area contributed by atoms with E-state index < -0.39 is 0 Å². The molecule has 2 heterocycles. The van der Waals surface area contributed by atoms with E-state index >= 15 is 0 Å². The van der Waals surface area contributed by atoms with E-state index in [0.29, 0.717) is 18.1 Å². The average molecular weight is 416 g/mol. The number of aromatic nitrogens is 2. The molecule has 0 fully saturated rings. The number of carbonyl (C=O) groups is 1. The van der Waals surface area contributed by atoms with Gasteiger partial charge in [0.15, 0.2) is 0 Å². The number of halogens is 1. The van der Waals surface area contributed by atoms with E-state index in [4.69, 9.17) is 16.3 Å². The number of aromatic amines is 1. The van der Waals surface area contributed by atoms with E-state index in [1.807, 2.05) is 36.4 Å². The number of thioether (sulfide) groups is 1. The highest BCUT2D eigenvalue weighted by Crippen LogP contribution is 2.30. The maximum atomic E-state index is 13.0. The highest BCUT2D eigenvalue weighted by atomic mass is 35.5. The first-order valence-electron chi connectivity index (χ1n) is 9.29. The topological polar surface area (TPSA) is 67.0 Å². The van der Waals surface area contributed by atoms with E-state index in [2.05, 4.69) is 21.5 Å². The van der Waals surface area contributed by atoms with Crippen molar-refractivity contribution in [1.29, 1.82) is 0 Å². The van der Waals surface area contributed by atoms with Gasteiger partial charge < -0.3 is 15.0 Å². The molecule has 2 aromatic carbocycles. The molecule has 2 N–H and O–H groups in total. The van der Waals surface area contributed by atoms with Crippen LogP contribution < -0.4 is 10.1 Å². The van der Waals surface area contributed by atoms with Gasteiger partial charge in [0.2, 0.25) is 5.91 Å². The number of benzene rings is 2. The number of nitrogens with one attached hydrogen (secondary N) is 2. The third-order valence-corrected chi connectivity index (χ3v) is 5.84. The number of carbonyl (C=O) groups excluding carboxylic acids is 1. The molecule has 1 aliphatic rings. The molecule has 2 atom stereocenters. The van der Waals surface area contributed by atoms with Crippen LogP contribution in [0.25, 0.3) is 11.0 Å². The first kappa shape index (κ1) is 19.2. The summed E-state index contributed by atoms with van der Waals surface area (Å²) in [5, 5.41) is 3.84. The smallest absolute Gasteiger partial charge is 0.227 e. The number of fused-ring (bicyclic) bond motifs is 2. The summed E-state index contributed by atoms with van der Waals surface area (Å²) in [6, 6.07) is 13.3. The van der Waals surface area contributed by atoms with Crippen LogP contribution in [0.5, 0.6) is 5.75 Å². The quantitative estimate of drug-likeness (QED) is 0.627. The molecule has 0 radical (unpaired) electrons. The third kappa shape index (κ3) is 4.13. The molecule has 0 bridgehead atoms. The van der Waals surface area contributed by atoms with Gasteiger partial charge in [-0.1, -0.05) is 23.7 Å². The lowest BCUT2D eigenvalue weighted by Gasteiger charge is -2.26. The summed E-state index contributed by atoms with van der Waals surface area (Å²) in [5.41, 5.74) is 2.86. The maximum Gasteiger partial charge on any atom is 0.227 e. The van der Waals surface area contributed by atoms with Crippen LogP contribution in [0.3, 0.4) is 0 Å². The minimum absolute atomic E-state index is 0.0165. The molecule has 0 saturated heterocycles. The molecule has 7 heteroatoms. The molecule has 0 unspecified atom stereocenters. The Balaban J connectivity index is 1.51. The second-order valence-electron chi connectivity index (χ2n) is 6.95. The van der Waals surface area contributed by atoms with Gasteiger partial charge in [-0.25, -0.2) is 4.98 Å². The molecule has 3 aromatic rings. The maximum absolute atomic E-state index is 13.0. The summed E-state index contributed by atoms with van der Waals surface area (Å²) < 4.78 is 5.78. The minimum atomic E-state index is -0.243. The van der Waals surface area contributed by atoms with Crippen molar-refractivity contribution in [3.05, 3.63) is 58.9 Å². The number of ether oxygens (including phenoxy) is 1. The Bertz CT molecular complexity index is 958. The lowest BCUT2D eigenvalue weighted by molar-refractivity contribution is -0.127. The fourth-order valence-corrected chi connectivity index (χ4v) is 4.14. The second-order valence-corrected chi connectivity index (χ2v) is 8.37. The Morgan fingerprint density at radius 1 is 1.39 bits per heavy atom. The van der Waals surface area contributed by atoms with Gasteiger partial charge in [0.25, 0.3) is 0 Å². The minimum Gasteiger partial charge on any atom is -0.492 e. The van der Waals surface area contributed by atoms with E-state index in [0.717, 1.165) is 40.3 Å². The number of hydrogen-bond acceptors (Lipinski definition) is 4. The molecule has 5 nitrogen and oxygen atoms in total. The van der Waals surface area contributed by atoms with Crippen molar-refractivity contribution in [2.24, 2.45) is 5.92 Å². The van der Waals surface area contributed by atoms with Gasteiger partial charge in [-0.2, -0.15) is 11.8 Å². The van der Waals surface area contributed by atoms with Crippen LogP contribution >= 0.6 is 23.4 Å². The van der Waals surface area contributed by atoms with Crippen LogP contribution in [0.4, 0.5) is 0 Å². The molecule has 0 spiro atoms. The normalized spacial score (nSPS) is 17.0. The van der Waals surface area contributed by atoms with Crippen molar-refractivity contribution in [2.75, 3.05) is 18.6 Å². The van der Waals surface area contributed by atoms with E-state index in [9.17, 15) is 4.79 Å². The van der Waals surface area contributed by atoms with E-state index in [-0.39, 0.29) is 17.9 Å². The van der Waals surface area contributed by atoms with Crippen molar-refractivity contribution < 1.29 is 9.53 Å². The van der Waals surface area contributed by atoms with E-state index in [1.165, 1.54) is 0 Å². The van der Waals surface area contributed by atoms with Crippen molar-refractivity contribution in [3.63, 3.8) is 0 Å². The highest BCUT2D eigenvalue weighted by Gasteiger charge is 2.28. The van der Waals surface area contributed by atoms with Gasteiger partial charge in [0, 0.05) is 5.02 Å². The summed E-state index contributed by atoms with van der Waals surface area (Å²) in [4.78, 5) is 21.0. The first-order chi connectivity index (χ1) is 13.6. The average Bonchev–Trinajstić information content (AvgIpc) is 3.14. The Hall–Kier alpha value is -2.18. The number of amides is 1. The summed E-state index contributed by atoms with van der Waals surface area (Å²) in [6.45, 7) is 0.371. The fraction of sp³-hybridized carbons (Fsp3) is 0.333. The van der Waals surface area contributed by atoms with Gasteiger partial charge in [-0.15, -0.1) is 0 Å². The molecule has 0 saturated carbocycles. The number of nitrogens with zero attached hydrogens (tertiary/aromatic N) is 1. The van der Waals surface area contributed by atoms with Crippen LogP contribution in [-0.4, -0.2) is 34.5 Å². The van der Waals surface area contributed by atoms with Crippen molar-refractivity contribution in [2.45, 2.75) is 18.9 Å². The van der Waals surface area contributed by atoms with Crippen LogP contribution in [0, 0.1) is 5.92 Å². The molecule has 0 aliphatic carbocycles. The Morgan fingerprint density at radius 2 is 2.25 bits per heavy atom. The number of rotatable bonds is 6. The summed E-state index contributed by atoms with van der Waals surface area (Å²) in [5.74, 6) is 2.28.